The summed E-state index contributed by atoms with van der Waals surface area (Å²) in [5.41, 5.74) is 1.06. The molecule has 4 heteroatoms. The normalized spacial score (nSPS) is 17.9. The highest BCUT2D eigenvalue weighted by molar-refractivity contribution is 5.81. The van der Waals surface area contributed by atoms with Crippen molar-refractivity contribution in [2.24, 2.45) is 0 Å². The van der Waals surface area contributed by atoms with Crippen molar-refractivity contribution in [1.29, 1.82) is 0 Å². The predicted molar refractivity (Wildman–Crippen MR) is 80.0 cm³/mol. The van der Waals surface area contributed by atoms with Crippen LogP contribution in [-0.4, -0.2) is 54.5 Å². The number of carbonyl (C=O) groups is 1. The van der Waals surface area contributed by atoms with Gasteiger partial charge in [0.1, 0.15) is 5.75 Å². The third-order valence-electron chi connectivity index (χ3n) is 3.88. The Morgan fingerprint density at radius 3 is 2.50 bits per heavy atom. The number of nitrogens with zero attached hydrogens (tertiary/aromatic N) is 2. The van der Waals surface area contributed by atoms with E-state index in [0.717, 1.165) is 44.0 Å². The summed E-state index contributed by atoms with van der Waals surface area (Å²) >= 11 is 0. The lowest BCUT2D eigenvalue weighted by Gasteiger charge is -2.35. The van der Waals surface area contributed by atoms with Gasteiger partial charge in [-0.3, -0.25) is 4.79 Å². The van der Waals surface area contributed by atoms with Crippen LogP contribution in [0.25, 0.3) is 0 Å². The number of likely N-dealkylation sites (N-methyl/N-ethyl adjacent to an activating group) is 1. The number of carbonyl (C=O) groups excluding carboxylic acids is 1. The Kier molecular flexibility index (Phi) is 5.01. The van der Waals surface area contributed by atoms with Crippen LogP contribution in [0.15, 0.2) is 24.3 Å². The molecule has 1 unspecified atom stereocenters. The first kappa shape index (κ1) is 14.9. The lowest BCUT2D eigenvalue weighted by atomic mass is 10.2. The molecule has 1 saturated heterocycles. The topological polar surface area (TPSA) is 32.8 Å². The minimum absolute atomic E-state index is 0.0870. The molecule has 110 valence electrons. The van der Waals surface area contributed by atoms with Crippen LogP contribution in [0.5, 0.6) is 5.75 Å². The van der Waals surface area contributed by atoms with Gasteiger partial charge in [0, 0.05) is 26.2 Å². The first-order chi connectivity index (χ1) is 9.61. The molecule has 0 spiro atoms. The zero-order valence-electron chi connectivity index (χ0n) is 12.6. The monoisotopic (exact) mass is 276 g/mol. The first-order valence-corrected chi connectivity index (χ1v) is 7.35. The van der Waals surface area contributed by atoms with Crippen LogP contribution in [0.1, 0.15) is 19.4 Å². The number of piperazine rings is 1. The van der Waals surface area contributed by atoms with Crippen LogP contribution in [0, 0.1) is 6.92 Å². The maximum Gasteiger partial charge on any atom is 0.263 e. The van der Waals surface area contributed by atoms with Crippen LogP contribution in [0.4, 0.5) is 0 Å². The highest BCUT2D eigenvalue weighted by Crippen LogP contribution is 2.18. The van der Waals surface area contributed by atoms with Gasteiger partial charge in [0.25, 0.3) is 5.91 Å². The second-order valence-corrected chi connectivity index (χ2v) is 5.29. The van der Waals surface area contributed by atoms with Crippen molar-refractivity contribution in [1.82, 2.24) is 9.80 Å². The molecule has 0 bridgehead atoms. The maximum absolute atomic E-state index is 12.4. The molecule has 0 N–H and O–H groups in total. The average Bonchev–Trinajstić information content (AvgIpc) is 2.49. The van der Waals surface area contributed by atoms with E-state index in [2.05, 4.69) is 11.8 Å². The highest BCUT2D eigenvalue weighted by Gasteiger charge is 2.25. The molecular weight excluding hydrogens is 252 g/mol. The Morgan fingerprint density at radius 1 is 1.25 bits per heavy atom. The molecule has 1 aromatic carbocycles. The van der Waals surface area contributed by atoms with E-state index in [9.17, 15) is 4.79 Å². The Bertz CT molecular complexity index is 454. The molecule has 1 aliphatic heterocycles. The molecule has 1 atom stereocenters. The molecule has 0 aliphatic carbocycles. The molecule has 0 aromatic heterocycles. The molecule has 1 aliphatic rings. The molecule has 2 rings (SSSR count). The zero-order chi connectivity index (χ0) is 14.5. The van der Waals surface area contributed by atoms with Crippen molar-refractivity contribution < 1.29 is 9.53 Å². The largest absolute Gasteiger partial charge is 0.481 e. The van der Waals surface area contributed by atoms with Gasteiger partial charge in [-0.1, -0.05) is 25.1 Å². The number of ether oxygens (including phenoxy) is 1. The van der Waals surface area contributed by atoms with E-state index in [4.69, 9.17) is 4.74 Å². The Labute approximate surface area is 121 Å². The van der Waals surface area contributed by atoms with E-state index in [1.165, 1.54) is 0 Å². The van der Waals surface area contributed by atoms with Gasteiger partial charge in [-0.2, -0.15) is 0 Å². The van der Waals surface area contributed by atoms with Crippen molar-refractivity contribution in [3.63, 3.8) is 0 Å². The lowest BCUT2D eigenvalue weighted by Crippen LogP contribution is -2.51. The quantitative estimate of drug-likeness (QED) is 0.842. The number of hydrogen-bond donors (Lipinski definition) is 0. The number of para-hydroxylation sites is 1. The molecule has 1 heterocycles. The van der Waals surface area contributed by atoms with Crippen molar-refractivity contribution in [2.45, 2.75) is 26.9 Å². The lowest BCUT2D eigenvalue weighted by molar-refractivity contribution is -0.139. The summed E-state index contributed by atoms with van der Waals surface area (Å²) in [5.74, 6) is 0.879. The van der Waals surface area contributed by atoms with E-state index in [-0.39, 0.29) is 5.91 Å². The zero-order valence-corrected chi connectivity index (χ0v) is 12.6. The van der Waals surface area contributed by atoms with Crippen molar-refractivity contribution in [3.8, 4) is 5.75 Å². The van der Waals surface area contributed by atoms with Crippen LogP contribution >= 0.6 is 0 Å². The van der Waals surface area contributed by atoms with Crippen LogP contribution in [-0.2, 0) is 4.79 Å². The van der Waals surface area contributed by atoms with Crippen molar-refractivity contribution in [2.75, 3.05) is 32.7 Å². The van der Waals surface area contributed by atoms with Gasteiger partial charge in [-0.25, -0.2) is 0 Å². The third-order valence-corrected chi connectivity index (χ3v) is 3.88. The Morgan fingerprint density at radius 2 is 1.90 bits per heavy atom. The molecule has 20 heavy (non-hydrogen) atoms. The smallest absolute Gasteiger partial charge is 0.263 e. The summed E-state index contributed by atoms with van der Waals surface area (Å²) in [6.45, 7) is 10.5. The minimum Gasteiger partial charge on any atom is -0.481 e. The summed E-state index contributed by atoms with van der Waals surface area (Å²) in [5, 5.41) is 0. The third kappa shape index (κ3) is 3.51. The number of rotatable bonds is 4. The van der Waals surface area contributed by atoms with Crippen LogP contribution < -0.4 is 4.74 Å². The second-order valence-electron chi connectivity index (χ2n) is 5.29. The van der Waals surface area contributed by atoms with Gasteiger partial charge in [-0.15, -0.1) is 0 Å². The first-order valence-electron chi connectivity index (χ1n) is 7.35. The van der Waals surface area contributed by atoms with Crippen LogP contribution in [0.3, 0.4) is 0 Å². The fourth-order valence-corrected chi connectivity index (χ4v) is 2.47. The summed E-state index contributed by atoms with van der Waals surface area (Å²) in [6, 6.07) is 7.80. The second kappa shape index (κ2) is 6.75. The highest BCUT2D eigenvalue weighted by atomic mass is 16.5. The van der Waals surface area contributed by atoms with E-state index in [1.807, 2.05) is 43.0 Å². The summed E-state index contributed by atoms with van der Waals surface area (Å²) in [7, 11) is 0. The number of amides is 1. The Balaban J connectivity index is 1.91. The van der Waals surface area contributed by atoms with Gasteiger partial charge in [0.15, 0.2) is 6.10 Å². The fraction of sp³-hybridized carbons (Fsp3) is 0.562. The Hall–Kier alpha value is -1.55. The fourth-order valence-electron chi connectivity index (χ4n) is 2.47. The number of aryl methyl sites for hydroxylation is 1. The van der Waals surface area contributed by atoms with Crippen molar-refractivity contribution in [3.05, 3.63) is 29.8 Å². The van der Waals surface area contributed by atoms with Gasteiger partial charge in [-0.05, 0) is 32.0 Å². The standard InChI is InChI=1S/C16H24N2O2/c1-4-17-9-11-18(12-10-17)16(19)14(3)20-15-8-6-5-7-13(15)2/h5-8,14H,4,9-12H2,1-3H3. The molecule has 1 amide bonds. The molecule has 0 radical (unpaired) electrons. The number of benzene rings is 1. The van der Waals surface area contributed by atoms with Crippen molar-refractivity contribution >= 4 is 5.91 Å². The van der Waals surface area contributed by atoms with E-state index in [1.54, 1.807) is 0 Å². The van der Waals surface area contributed by atoms with E-state index >= 15 is 0 Å². The maximum atomic E-state index is 12.4. The predicted octanol–water partition coefficient (Wildman–Crippen LogP) is 1.93. The molecule has 1 aromatic rings. The average molecular weight is 276 g/mol. The molecule has 0 saturated carbocycles. The molecule has 4 nitrogen and oxygen atoms in total. The van der Waals surface area contributed by atoms with Gasteiger partial charge in [0.05, 0.1) is 0 Å². The van der Waals surface area contributed by atoms with Gasteiger partial charge < -0.3 is 14.5 Å². The van der Waals surface area contributed by atoms with Gasteiger partial charge >= 0.3 is 0 Å². The number of hydrogen-bond acceptors (Lipinski definition) is 3. The van der Waals surface area contributed by atoms with Gasteiger partial charge in [0.2, 0.25) is 0 Å². The summed E-state index contributed by atoms with van der Waals surface area (Å²) in [4.78, 5) is 16.7. The summed E-state index contributed by atoms with van der Waals surface area (Å²) < 4.78 is 5.81. The van der Waals surface area contributed by atoms with E-state index < -0.39 is 6.10 Å². The van der Waals surface area contributed by atoms with Crippen LogP contribution in [0.2, 0.25) is 0 Å². The molecule has 1 fully saturated rings. The van der Waals surface area contributed by atoms with E-state index in [0.29, 0.717) is 0 Å². The summed E-state index contributed by atoms with van der Waals surface area (Å²) in [6.07, 6.45) is -0.427. The SMILES string of the molecule is CCN1CCN(C(=O)C(C)Oc2ccccc2C)CC1. The minimum atomic E-state index is -0.427. The molecular formula is C16H24N2O2.